The van der Waals surface area contributed by atoms with Gasteiger partial charge < -0.3 is 19.7 Å². The number of para-hydroxylation sites is 1. The molecule has 0 aromatic heterocycles. The maximum absolute atomic E-state index is 12.9. The predicted molar refractivity (Wildman–Crippen MR) is 96.2 cm³/mol. The molecule has 0 unspecified atom stereocenters. The number of likely N-dealkylation sites (N-methyl/N-ethyl adjacent to an activating group) is 1. The molecule has 0 heterocycles. The van der Waals surface area contributed by atoms with E-state index in [2.05, 4.69) is 5.32 Å². The molecule has 0 atom stereocenters. The Morgan fingerprint density at radius 2 is 1.61 bits per heavy atom. The van der Waals surface area contributed by atoms with Gasteiger partial charge >= 0.3 is 6.18 Å². The van der Waals surface area contributed by atoms with Crippen LogP contribution in [0.1, 0.15) is 5.56 Å². The summed E-state index contributed by atoms with van der Waals surface area (Å²) in [6, 6.07) is 10.8. The van der Waals surface area contributed by atoms with E-state index in [1.807, 2.05) is 0 Å². The number of alkyl halides is 3. The summed E-state index contributed by atoms with van der Waals surface area (Å²) in [5.74, 6) is -0.801. The van der Waals surface area contributed by atoms with Crippen molar-refractivity contribution in [2.75, 3.05) is 32.6 Å². The monoisotopic (exact) mass is 396 g/mol. The second kappa shape index (κ2) is 9.12. The number of anilines is 1. The van der Waals surface area contributed by atoms with Crippen LogP contribution in [0.4, 0.5) is 18.9 Å². The van der Waals surface area contributed by atoms with Crippen LogP contribution in [0.2, 0.25) is 0 Å². The third kappa shape index (κ3) is 6.19. The highest BCUT2D eigenvalue weighted by atomic mass is 19.4. The van der Waals surface area contributed by atoms with Crippen molar-refractivity contribution in [1.29, 1.82) is 0 Å². The number of benzene rings is 2. The van der Waals surface area contributed by atoms with Gasteiger partial charge in [0.2, 0.25) is 0 Å². The molecule has 0 bridgehead atoms. The first-order valence-corrected chi connectivity index (χ1v) is 8.18. The summed E-state index contributed by atoms with van der Waals surface area (Å²) < 4.78 is 49.0. The van der Waals surface area contributed by atoms with Crippen LogP contribution in [0, 0.1) is 0 Å². The molecule has 0 aliphatic carbocycles. The molecular weight excluding hydrogens is 377 g/mol. The van der Waals surface area contributed by atoms with E-state index in [1.54, 1.807) is 26.2 Å². The number of carbonyl (C=O) groups excluding carboxylic acids is 2. The number of ether oxygens (including phenoxy) is 2. The maximum atomic E-state index is 12.9. The first-order chi connectivity index (χ1) is 13.2. The number of halogens is 3. The second-order valence-electron chi connectivity index (χ2n) is 5.93. The summed E-state index contributed by atoms with van der Waals surface area (Å²) in [6.45, 7) is -0.701. The van der Waals surface area contributed by atoms with E-state index in [-0.39, 0.29) is 12.5 Å². The molecular formula is C19H19F3N2O4. The van der Waals surface area contributed by atoms with E-state index in [1.165, 1.54) is 29.2 Å². The van der Waals surface area contributed by atoms with Gasteiger partial charge in [0.15, 0.2) is 13.2 Å². The Kier molecular flexibility index (Phi) is 6.86. The lowest BCUT2D eigenvalue weighted by Crippen LogP contribution is -2.27. The lowest BCUT2D eigenvalue weighted by atomic mass is 10.2. The van der Waals surface area contributed by atoms with Crippen LogP contribution in [-0.2, 0) is 15.8 Å². The zero-order valence-electron chi connectivity index (χ0n) is 15.2. The largest absolute Gasteiger partial charge is 0.484 e. The molecule has 0 aliphatic heterocycles. The summed E-state index contributed by atoms with van der Waals surface area (Å²) in [6.07, 6.45) is -4.57. The van der Waals surface area contributed by atoms with Crippen LogP contribution in [0.25, 0.3) is 0 Å². The highest BCUT2D eigenvalue weighted by molar-refractivity contribution is 5.91. The fraction of sp³-hybridized carbons (Fsp3) is 0.263. The van der Waals surface area contributed by atoms with Gasteiger partial charge in [0.25, 0.3) is 11.8 Å². The van der Waals surface area contributed by atoms with Crippen molar-refractivity contribution in [2.45, 2.75) is 6.18 Å². The van der Waals surface area contributed by atoms with Gasteiger partial charge in [-0.3, -0.25) is 9.59 Å². The average Bonchev–Trinajstić information content (AvgIpc) is 2.65. The van der Waals surface area contributed by atoms with Crippen LogP contribution in [0.3, 0.4) is 0 Å². The zero-order chi connectivity index (χ0) is 20.7. The third-order valence-electron chi connectivity index (χ3n) is 3.55. The molecule has 28 heavy (non-hydrogen) atoms. The molecule has 9 heteroatoms. The Bertz CT molecular complexity index is 821. The van der Waals surface area contributed by atoms with E-state index in [4.69, 9.17) is 9.47 Å². The molecule has 1 N–H and O–H groups in total. The molecule has 0 saturated carbocycles. The minimum absolute atomic E-state index is 0.120. The quantitative estimate of drug-likeness (QED) is 0.781. The highest BCUT2D eigenvalue weighted by Gasteiger charge is 2.34. The highest BCUT2D eigenvalue weighted by Crippen LogP contribution is 2.35. The molecule has 150 valence electrons. The fourth-order valence-electron chi connectivity index (χ4n) is 2.08. The maximum Gasteiger partial charge on any atom is 0.419 e. The molecule has 2 amide bonds. The standard InChI is InChI=1S/C19H19F3N2O4/c1-24(2)18(26)12-27-14-9-7-13(8-10-14)23-17(25)11-28-16-6-4-3-5-15(16)19(20,21)22/h3-10H,11-12H2,1-2H3,(H,23,25). The predicted octanol–water partition coefficient (Wildman–Crippen LogP) is 3.19. The number of hydrogen-bond acceptors (Lipinski definition) is 4. The SMILES string of the molecule is CN(C)C(=O)COc1ccc(NC(=O)COc2ccccc2C(F)(F)F)cc1. The Morgan fingerprint density at radius 1 is 0.964 bits per heavy atom. The van der Waals surface area contributed by atoms with Crippen LogP contribution < -0.4 is 14.8 Å². The molecule has 2 aromatic rings. The Balaban J connectivity index is 1.88. The van der Waals surface area contributed by atoms with Crippen molar-refractivity contribution in [3.8, 4) is 11.5 Å². The number of carbonyl (C=O) groups is 2. The van der Waals surface area contributed by atoms with E-state index in [0.717, 1.165) is 12.1 Å². The fourth-order valence-corrected chi connectivity index (χ4v) is 2.08. The zero-order valence-corrected chi connectivity index (χ0v) is 15.2. The van der Waals surface area contributed by atoms with Gasteiger partial charge in [-0.2, -0.15) is 13.2 Å². The topological polar surface area (TPSA) is 67.9 Å². The molecule has 2 rings (SSSR count). The number of nitrogens with zero attached hydrogens (tertiary/aromatic N) is 1. The normalized spacial score (nSPS) is 10.9. The number of hydrogen-bond donors (Lipinski definition) is 1. The van der Waals surface area contributed by atoms with Crippen LogP contribution in [0.5, 0.6) is 11.5 Å². The molecule has 0 radical (unpaired) electrons. The lowest BCUT2D eigenvalue weighted by Gasteiger charge is -2.14. The first-order valence-electron chi connectivity index (χ1n) is 8.18. The third-order valence-corrected chi connectivity index (χ3v) is 3.55. The molecule has 2 aromatic carbocycles. The van der Waals surface area contributed by atoms with Gasteiger partial charge in [-0.15, -0.1) is 0 Å². The summed E-state index contributed by atoms with van der Waals surface area (Å²) in [5, 5.41) is 2.50. The van der Waals surface area contributed by atoms with Crippen LogP contribution in [-0.4, -0.2) is 44.0 Å². The van der Waals surface area contributed by atoms with E-state index in [0.29, 0.717) is 11.4 Å². The van der Waals surface area contributed by atoms with Crippen LogP contribution >= 0.6 is 0 Å². The van der Waals surface area contributed by atoms with Crippen molar-refractivity contribution < 1.29 is 32.2 Å². The first kappa shape index (κ1) is 21.1. The molecule has 0 fully saturated rings. The summed E-state index contributed by atoms with van der Waals surface area (Å²) in [7, 11) is 3.22. The summed E-state index contributed by atoms with van der Waals surface area (Å²) in [4.78, 5) is 24.8. The molecule has 6 nitrogen and oxygen atoms in total. The van der Waals surface area contributed by atoms with E-state index in [9.17, 15) is 22.8 Å². The number of rotatable bonds is 7. The van der Waals surface area contributed by atoms with Crippen LogP contribution in [0.15, 0.2) is 48.5 Å². The Morgan fingerprint density at radius 3 is 2.21 bits per heavy atom. The lowest BCUT2D eigenvalue weighted by molar-refractivity contribution is -0.139. The summed E-state index contributed by atoms with van der Waals surface area (Å²) in [5.41, 5.74) is -0.541. The Hall–Kier alpha value is -3.23. The number of amides is 2. The van der Waals surface area contributed by atoms with Gasteiger partial charge in [-0.1, -0.05) is 12.1 Å². The second-order valence-corrected chi connectivity index (χ2v) is 5.93. The van der Waals surface area contributed by atoms with Gasteiger partial charge in [0.05, 0.1) is 5.56 Å². The van der Waals surface area contributed by atoms with Gasteiger partial charge in [0.1, 0.15) is 11.5 Å². The van der Waals surface area contributed by atoms with Crippen molar-refractivity contribution in [2.24, 2.45) is 0 Å². The minimum Gasteiger partial charge on any atom is -0.484 e. The molecule has 0 aliphatic rings. The van der Waals surface area contributed by atoms with Gasteiger partial charge in [-0.25, -0.2) is 0 Å². The van der Waals surface area contributed by atoms with Gasteiger partial charge in [0, 0.05) is 19.8 Å². The minimum atomic E-state index is -4.57. The van der Waals surface area contributed by atoms with Crippen molar-refractivity contribution in [3.05, 3.63) is 54.1 Å². The van der Waals surface area contributed by atoms with Crippen molar-refractivity contribution >= 4 is 17.5 Å². The van der Waals surface area contributed by atoms with E-state index >= 15 is 0 Å². The average molecular weight is 396 g/mol. The van der Waals surface area contributed by atoms with Gasteiger partial charge in [-0.05, 0) is 36.4 Å². The molecule has 0 saturated heterocycles. The smallest absolute Gasteiger partial charge is 0.419 e. The Labute approximate surface area is 159 Å². The number of nitrogens with one attached hydrogen (secondary N) is 1. The van der Waals surface area contributed by atoms with Crippen molar-refractivity contribution in [1.82, 2.24) is 4.90 Å². The van der Waals surface area contributed by atoms with E-state index < -0.39 is 30.0 Å². The molecule has 0 spiro atoms. The van der Waals surface area contributed by atoms with Crippen molar-refractivity contribution in [3.63, 3.8) is 0 Å². The summed E-state index contributed by atoms with van der Waals surface area (Å²) >= 11 is 0.